The molecule has 12 heteroatoms. The topological polar surface area (TPSA) is 161 Å². The predicted molar refractivity (Wildman–Crippen MR) is 107 cm³/mol. The van der Waals surface area contributed by atoms with Gasteiger partial charge in [0, 0.05) is 18.7 Å². The van der Waals surface area contributed by atoms with E-state index in [1.807, 2.05) is 0 Å². The van der Waals surface area contributed by atoms with Gasteiger partial charge in [0.15, 0.2) is 0 Å². The molecule has 32 heavy (non-hydrogen) atoms. The lowest BCUT2D eigenvalue weighted by atomic mass is 10.0. The van der Waals surface area contributed by atoms with Crippen molar-refractivity contribution in [3.05, 3.63) is 29.3 Å². The number of imide groups is 2. The molecule has 2 heterocycles. The molecule has 4 amide bonds. The molecule has 1 fully saturated rings. The van der Waals surface area contributed by atoms with Crippen molar-refractivity contribution in [1.82, 2.24) is 10.2 Å². The minimum Gasteiger partial charge on any atom is -0.481 e. The van der Waals surface area contributed by atoms with Crippen LogP contribution in [0.4, 0.5) is 5.69 Å². The van der Waals surface area contributed by atoms with E-state index in [9.17, 15) is 24.0 Å². The van der Waals surface area contributed by atoms with Crippen molar-refractivity contribution >= 4 is 35.3 Å². The summed E-state index contributed by atoms with van der Waals surface area (Å²) in [5.74, 6) is -3.17. The third kappa shape index (κ3) is 5.66. The molecule has 1 atom stereocenters. The molecule has 3 rings (SSSR count). The number of carbonyl (C=O) groups excluding carboxylic acids is 4. The summed E-state index contributed by atoms with van der Waals surface area (Å²) in [6.45, 7) is 1.08. The van der Waals surface area contributed by atoms with Crippen LogP contribution in [0.2, 0.25) is 0 Å². The van der Waals surface area contributed by atoms with Gasteiger partial charge in [-0.05, 0) is 24.6 Å². The second-order valence-electron chi connectivity index (χ2n) is 7.03. The van der Waals surface area contributed by atoms with Crippen LogP contribution in [0.15, 0.2) is 18.2 Å². The molecule has 2 aliphatic rings. The van der Waals surface area contributed by atoms with Crippen molar-refractivity contribution < 1.29 is 43.6 Å². The van der Waals surface area contributed by atoms with Crippen molar-refractivity contribution in [3.8, 4) is 0 Å². The summed E-state index contributed by atoms with van der Waals surface area (Å²) in [6.07, 6.45) is 0.0218. The van der Waals surface area contributed by atoms with Gasteiger partial charge in [0.2, 0.25) is 11.8 Å². The molecule has 0 spiro atoms. The summed E-state index contributed by atoms with van der Waals surface area (Å²) < 4.78 is 5.35. The molecule has 0 radical (unpaired) electrons. The molecule has 0 saturated carbocycles. The lowest BCUT2D eigenvalue weighted by Crippen LogP contribution is -2.54. The molecule has 1 saturated heterocycles. The zero-order valence-corrected chi connectivity index (χ0v) is 17.1. The molecule has 12 nitrogen and oxygen atoms in total. The Kier molecular flexibility index (Phi) is 7.87. The van der Waals surface area contributed by atoms with Gasteiger partial charge in [0.05, 0.1) is 37.4 Å². The number of hydrogen-bond donors (Lipinski definition) is 3. The van der Waals surface area contributed by atoms with Gasteiger partial charge in [0.1, 0.15) is 12.6 Å². The second kappa shape index (κ2) is 10.8. The highest BCUT2D eigenvalue weighted by Gasteiger charge is 2.44. The lowest BCUT2D eigenvalue weighted by molar-refractivity contribution is -0.298. The van der Waals surface area contributed by atoms with Crippen LogP contribution in [-0.4, -0.2) is 78.6 Å². The van der Waals surface area contributed by atoms with E-state index in [4.69, 9.17) is 14.7 Å². The van der Waals surface area contributed by atoms with Crippen LogP contribution >= 0.6 is 0 Å². The Morgan fingerprint density at radius 1 is 1.06 bits per heavy atom. The molecule has 3 N–H and O–H groups in total. The van der Waals surface area contributed by atoms with E-state index in [1.54, 1.807) is 12.1 Å². The highest BCUT2D eigenvalue weighted by molar-refractivity contribution is 6.23. The van der Waals surface area contributed by atoms with Crippen LogP contribution in [0.5, 0.6) is 0 Å². The molecule has 172 valence electrons. The monoisotopic (exact) mass is 449 g/mol. The average molecular weight is 449 g/mol. The molecular formula is C20H23N3O9. The second-order valence-corrected chi connectivity index (χ2v) is 7.03. The van der Waals surface area contributed by atoms with E-state index in [1.165, 1.54) is 6.07 Å². The fourth-order valence-corrected chi connectivity index (χ4v) is 3.29. The van der Waals surface area contributed by atoms with E-state index < -0.39 is 35.6 Å². The summed E-state index contributed by atoms with van der Waals surface area (Å²) >= 11 is 0. The van der Waals surface area contributed by atoms with Crippen molar-refractivity contribution in [2.24, 2.45) is 0 Å². The molecule has 0 aliphatic carbocycles. The number of ether oxygens (including phenoxy) is 1. The van der Waals surface area contributed by atoms with Crippen LogP contribution in [-0.2, 0) is 28.9 Å². The van der Waals surface area contributed by atoms with E-state index in [0.717, 1.165) is 4.90 Å². The zero-order chi connectivity index (χ0) is 23.1. The molecular weight excluding hydrogens is 426 g/mol. The molecule has 1 aromatic rings. The van der Waals surface area contributed by atoms with Crippen LogP contribution in [0.3, 0.4) is 0 Å². The van der Waals surface area contributed by atoms with Crippen LogP contribution in [0.25, 0.3) is 0 Å². The Balaban J connectivity index is 1.43. The summed E-state index contributed by atoms with van der Waals surface area (Å²) in [7, 11) is 0. The first kappa shape index (κ1) is 23.3. The number of carbonyl (C=O) groups is 5. The van der Waals surface area contributed by atoms with Crippen molar-refractivity contribution in [2.45, 2.75) is 25.3 Å². The number of piperidine rings is 1. The Morgan fingerprint density at radius 2 is 1.81 bits per heavy atom. The first-order chi connectivity index (χ1) is 15.4. The molecule has 0 aromatic heterocycles. The van der Waals surface area contributed by atoms with Gasteiger partial charge in [-0.3, -0.25) is 34.2 Å². The van der Waals surface area contributed by atoms with E-state index in [0.29, 0.717) is 18.8 Å². The van der Waals surface area contributed by atoms with Gasteiger partial charge in [0.25, 0.3) is 11.8 Å². The normalized spacial score (nSPS) is 18.0. The number of nitrogens with one attached hydrogen (secondary N) is 2. The third-order valence-electron chi connectivity index (χ3n) is 4.81. The van der Waals surface area contributed by atoms with Gasteiger partial charge in [-0.2, -0.15) is 0 Å². The fourth-order valence-electron chi connectivity index (χ4n) is 3.29. The Morgan fingerprint density at radius 3 is 2.56 bits per heavy atom. The maximum Gasteiger partial charge on any atom is 0.305 e. The fraction of sp³-hybridized carbons (Fsp3) is 0.450. The molecule has 0 bridgehead atoms. The number of fused-ring (bicyclic) bond motifs is 1. The van der Waals surface area contributed by atoms with Crippen LogP contribution in [0.1, 0.15) is 40.0 Å². The minimum atomic E-state index is -1.000. The number of anilines is 1. The first-order valence-electron chi connectivity index (χ1n) is 10.0. The minimum absolute atomic E-state index is 0.0442. The average Bonchev–Trinajstić information content (AvgIpc) is 2.99. The lowest BCUT2D eigenvalue weighted by Gasteiger charge is -2.27. The number of carboxylic acids is 1. The van der Waals surface area contributed by atoms with Gasteiger partial charge in [-0.15, -0.1) is 0 Å². The van der Waals surface area contributed by atoms with Crippen molar-refractivity contribution in [1.29, 1.82) is 0 Å². The van der Waals surface area contributed by atoms with Crippen molar-refractivity contribution in [3.63, 3.8) is 0 Å². The zero-order valence-electron chi connectivity index (χ0n) is 17.1. The Hall–Kier alpha value is -3.35. The number of amides is 4. The summed E-state index contributed by atoms with van der Waals surface area (Å²) in [5, 5.41) is 13.7. The summed E-state index contributed by atoms with van der Waals surface area (Å²) in [5.41, 5.74) is 1.01. The van der Waals surface area contributed by atoms with E-state index in [-0.39, 0.29) is 50.2 Å². The Labute approximate surface area is 182 Å². The summed E-state index contributed by atoms with van der Waals surface area (Å²) in [6, 6.07) is 3.71. The third-order valence-corrected chi connectivity index (χ3v) is 4.81. The number of rotatable bonds is 12. The number of nitrogens with zero attached hydrogens (tertiary/aromatic N) is 1. The van der Waals surface area contributed by atoms with Gasteiger partial charge < -0.3 is 15.2 Å². The molecule has 1 aromatic carbocycles. The maximum absolute atomic E-state index is 12.8. The van der Waals surface area contributed by atoms with E-state index >= 15 is 0 Å². The summed E-state index contributed by atoms with van der Waals surface area (Å²) in [4.78, 5) is 69.5. The van der Waals surface area contributed by atoms with Gasteiger partial charge in [-0.1, -0.05) is 0 Å². The number of aliphatic carboxylic acids is 1. The Bertz CT molecular complexity index is 918. The largest absolute Gasteiger partial charge is 0.481 e. The quantitative estimate of drug-likeness (QED) is 0.171. The van der Waals surface area contributed by atoms with Gasteiger partial charge in [-0.25, -0.2) is 9.78 Å². The first-order valence-corrected chi connectivity index (χ1v) is 10.0. The number of benzene rings is 1. The number of hydrogen-bond acceptors (Lipinski definition) is 9. The highest BCUT2D eigenvalue weighted by Crippen LogP contribution is 2.29. The van der Waals surface area contributed by atoms with E-state index in [2.05, 4.69) is 15.5 Å². The highest BCUT2D eigenvalue weighted by atomic mass is 17.2. The predicted octanol–water partition coefficient (Wildman–Crippen LogP) is -0.0608. The number of carboxylic acid groups (broad SMARTS) is 1. The van der Waals surface area contributed by atoms with Crippen LogP contribution in [0, 0.1) is 0 Å². The van der Waals surface area contributed by atoms with Crippen LogP contribution < -0.4 is 10.6 Å². The maximum atomic E-state index is 12.8. The smallest absolute Gasteiger partial charge is 0.305 e. The molecule has 2 aliphatic heterocycles. The SMILES string of the molecule is O=C(O)CCOOCCOCCNc1ccc2c(c1)C(=O)N(C1CCC(=O)NC1=O)C2=O. The molecule has 1 unspecified atom stereocenters. The van der Waals surface area contributed by atoms with Crippen molar-refractivity contribution in [2.75, 3.05) is 38.3 Å². The standard InChI is InChI=1S/C20H23N3O9/c24-16-4-3-15(18(27)22-16)23-19(28)13-2-1-12(11-14(13)20(23)29)21-6-8-30-9-10-32-31-7-5-17(25)26/h1-2,11,15,21H,3-10H2,(H,25,26)(H,22,24,27). The van der Waals surface area contributed by atoms with Gasteiger partial charge >= 0.3 is 5.97 Å².